The van der Waals surface area contributed by atoms with Crippen LogP contribution in [-0.2, 0) is 27.2 Å². The number of carbonyl (C=O) groups excluding carboxylic acids is 3. The van der Waals surface area contributed by atoms with Crippen LogP contribution in [0.15, 0.2) is 41.1 Å². The second kappa shape index (κ2) is 11.2. The van der Waals surface area contributed by atoms with Gasteiger partial charge < -0.3 is 15.4 Å². The molecule has 1 aromatic carbocycles. The third-order valence-corrected chi connectivity index (χ3v) is 5.45. The number of ether oxygens (including phenoxy) is 1. The predicted molar refractivity (Wildman–Crippen MR) is 121 cm³/mol. The quantitative estimate of drug-likeness (QED) is 0.417. The average Bonchev–Trinajstić information content (AvgIpc) is 3.36. The van der Waals surface area contributed by atoms with Crippen molar-refractivity contribution in [2.75, 3.05) is 22.6 Å². The number of nitrogens with one attached hydrogen (secondary N) is 3. The van der Waals surface area contributed by atoms with E-state index in [2.05, 4.69) is 25.9 Å². The minimum atomic E-state index is -0.382. The van der Waals surface area contributed by atoms with Crippen LogP contribution in [0, 0.1) is 0 Å². The van der Waals surface area contributed by atoms with Crippen molar-refractivity contribution < 1.29 is 19.1 Å². The molecule has 3 aromatic rings. The molecule has 0 aliphatic carbocycles. The zero-order chi connectivity index (χ0) is 22.1. The first-order chi connectivity index (χ1) is 15.0. The van der Waals surface area contributed by atoms with Crippen LogP contribution in [0.3, 0.4) is 0 Å². The first kappa shape index (κ1) is 22.4. The lowest BCUT2D eigenvalue weighted by molar-refractivity contribution is -0.142. The lowest BCUT2D eigenvalue weighted by Gasteiger charge is -2.04. The number of hydrogen-bond acceptors (Lipinski definition) is 8. The van der Waals surface area contributed by atoms with Crippen LogP contribution >= 0.6 is 22.7 Å². The number of amides is 3. The van der Waals surface area contributed by atoms with Crippen LogP contribution in [-0.4, -0.2) is 34.5 Å². The van der Waals surface area contributed by atoms with E-state index >= 15 is 0 Å². The number of rotatable bonds is 9. The van der Waals surface area contributed by atoms with Gasteiger partial charge in [-0.3, -0.25) is 14.9 Å². The first-order valence-corrected chi connectivity index (χ1v) is 11.2. The van der Waals surface area contributed by atoms with Gasteiger partial charge in [-0.15, -0.1) is 22.7 Å². The van der Waals surface area contributed by atoms with Gasteiger partial charge in [0.1, 0.15) is 0 Å². The fraction of sp³-hybridized carbons (Fsp3) is 0.250. The fourth-order valence-corrected chi connectivity index (χ4v) is 3.96. The molecule has 31 heavy (non-hydrogen) atoms. The van der Waals surface area contributed by atoms with Gasteiger partial charge in [-0.25, -0.2) is 14.8 Å². The zero-order valence-electron chi connectivity index (χ0n) is 16.7. The van der Waals surface area contributed by atoms with Crippen molar-refractivity contribution in [2.24, 2.45) is 0 Å². The molecule has 3 N–H and O–H groups in total. The summed E-state index contributed by atoms with van der Waals surface area (Å²) in [6, 6.07) is 8.71. The Labute approximate surface area is 186 Å². The maximum absolute atomic E-state index is 12.2. The summed E-state index contributed by atoms with van der Waals surface area (Å²) in [5.41, 5.74) is 1.95. The van der Waals surface area contributed by atoms with E-state index in [0.717, 1.165) is 0 Å². The van der Waals surface area contributed by atoms with Crippen LogP contribution in [0.5, 0.6) is 0 Å². The van der Waals surface area contributed by atoms with Crippen molar-refractivity contribution in [3.63, 3.8) is 0 Å². The molecule has 0 aliphatic heterocycles. The van der Waals surface area contributed by atoms with Gasteiger partial charge in [-0.2, -0.15) is 0 Å². The molecule has 0 bridgehead atoms. The van der Waals surface area contributed by atoms with Gasteiger partial charge >= 0.3 is 12.0 Å². The Hall–Kier alpha value is -3.31. The summed E-state index contributed by atoms with van der Waals surface area (Å²) < 4.78 is 4.88. The van der Waals surface area contributed by atoms with E-state index in [1.54, 1.807) is 29.8 Å². The Kier molecular flexibility index (Phi) is 8.07. The third-order valence-electron chi connectivity index (χ3n) is 3.84. The lowest BCUT2D eigenvalue weighted by Crippen LogP contribution is -2.19. The SMILES string of the molecule is CCOC(=O)Cc1csc(NC(=O)CCc2csc(NC(=O)Nc3ccccc3)n2)n1. The number of anilines is 3. The Morgan fingerprint density at radius 1 is 0.935 bits per heavy atom. The van der Waals surface area contributed by atoms with Crippen LogP contribution in [0.25, 0.3) is 0 Å². The van der Waals surface area contributed by atoms with Crippen molar-refractivity contribution in [1.29, 1.82) is 0 Å². The maximum Gasteiger partial charge on any atom is 0.325 e. The highest BCUT2D eigenvalue weighted by atomic mass is 32.1. The number of aryl methyl sites for hydroxylation is 1. The molecule has 2 aromatic heterocycles. The molecule has 0 unspecified atom stereocenters. The topological polar surface area (TPSA) is 122 Å². The summed E-state index contributed by atoms with van der Waals surface area (Å²) >= 11 is 2.54. The molecular weight excluding hydrogens is 438 g/mol. The summed E-state index contributed by atoms with van der Waals surface area (Å²) in [6.07, 6.45) is 0.713. The number of esters is 1. The largest absolute Gasteiger partial charge is 0.466 e. The van der Waals surface area contributed by atoms with Gasteiger partial charge in [-0.1, -0.05) is 18.2 Å². The number of carbonyl (C=O) groups is 3. The summed E-state index contributed by atoms with van der Waals surface area (Å²) in [5, 5.41) is 12.5. The van der Waals surface area contributed by atoms with Crippen LogP contribution in [0.1, 0.15) is 24.7 Å². The van der Waals surface area contributed by atoms with Crippen LogP contribution < -0.4 is 16.0 Å². The number of para-hydroxylation sites is 1. The molecule has 0 saturated heterocycles. The number of thiazole rings is 2. The Balaban J connectivity index is 1.42. The highest BCUT2D eigenvalue weighted by Gasteiger charge is 2.12. The highest BCUT2D eigenvalue weighted by molar-refractivity contribution is 7.14. The average molecular weight is 460 g/mol. The molecule has 9 nitrogen and oxygen atoms in total. The number of urea groups is 1. The molecule has 2 heterocycles. The minimum Gasteiger partial charge on any atom is -0.466 e. The molecule has 3 amide bonds. The molecule has 0 fully saturated rings. The van der Waals surface area contributed by atoms with Crippen molar-refractivity contribution >= 4 is 56.5 Å². The predicted octanol–water partition coefficient (Wildman–Crippen LogP) is 3.92. The first-order valence-electron chi connectivity index (χ1n) is 9.49. The molecule has 0 aliphatic rings. The van der Waals surface area contributed by atoms with Crippen molar-refractivity contribution in [2.45, 2.75) is 26.2 Å². The van der Waals surface area contributed by atoms with Gasteiger partial charge in [0.05, 0.1) is 24.4 Å². The van der Waals surface area contributed by atoms with E-state index in [0.29, 0.717) is 40.4 Å². The van der Waals surface area contributed by atoms with Gasteiger partial charge in [0.25, 0.3) is 0 Å². The third kappa shape index (κ3) is 7.46. The number of hydrogen-bond donors (Lipinski definition) is 3. The monoisotopic (exact) mass is 459 g/mol. The molecule has 0 spiro atoms. The minimum absolute atomic E-state index is 0.0761. The van der Waals surface area contributed by atoms with Crippen molar-refractivity contribution in [1.82, 2.24) is 9.97 Å². The van der Waals surface area contributed by atoms with Gasteiger partial charge in [0.2, 0.25) is 5.91 Å². The van der Waals surface area contributed by atoms with Gasteiger partial charge in [0, 0.05) is 22.9 Å². The summed E-state index contributed by atoms with van der Waals surface area (Å²) in [5.74, 6) is -0.558. The summed E-state index contributed by atoms with van der Waals surface area (Å²) in [4.78, 5) is 44.2. The lowest BCUT2D eigenvalue weighted by atomic mass is 10.2. The standard InChI is InChI=1S/C20H21N5O4S2/c1-2-29-17(27)10-15-12-31-19(23-15)24-16(26)9-8-14-11-30-20(22-14)25-18(28)21-13-6-4-3-5-7-13/h3-7,11-12H,2,8-10H2,1H3,(H,23,24,26)(H2,21,22,25,28). The number of benzene rings is 1. The molecule has 3 rings (SSSR count). The second-order valence-corrected chi connectivity index (χ2v) is 7.98. The Morgan fingerprint density at radius 2 is 1.61 bits per heavy atom. The Morgan fingerprint density at radius 3 is 2.35 bits per heavy atom. The van der Waals surface area contributed by atoms with Crippen molar-refractivity contribution in [3.8, 4) is 0 Å². The van der Waals surface area contributed by atoms with E-state index in [1.807, 2.05) is 18.2 Å². The summed E-state index contributed by atoms with van der Waals surface area (Å²) in [6.45, 7) is 2.06. The number of aromatic nitrogens is 2. The van der Waals surface area contributed by atoms with Crippen LogP contribution in [0.2, 0.25) is 0 Å². The van der Waals surface area contributed by atoms with Gasteiger partial charge in [0.15, 0.2) is 10.3 Å². The van der Waals surface area contributed by atoms with E-state index < -0.39 is 0 Å². The fourth-order valence-electron chi connectivity index (χ4n) is 2.49. The Bertz CT molecular complexity index is 1040. The number of nitrogens with zero attached hydrogens (tertiary/aromatic N) is 2. The molecule has 0 saturated carbocycles. The van der Waals surface area contributed by atoms with Gasteiger partial charge in [-0.05, 0) is 25.5 Å². The molecule has 0 radical (unpaired) electrons. The van der Waals surface area contributed by atoms with E-state index in [-0.39, 0.29) is 30.7 Å². The van der Waals surface area contributed by atoms with Crippen molar-refractivity contribution in [3.05, 3.63) is 52.5 Å². The summed E-state index contributed by atoms with van der Waals surface area (Å²) in [7, 11) is 0. The molecular formula is C20H21N5O4S2. The highest BCUT2D eigenvalue weighted by Crippen LogP contribution is 2.19. The zero-order valence-corrected chi connectivity index (χ0v) is 18.3. The molecule has 0 atom stereocenters. The second-order valence-electron chi connectivity index (χ2n) is 6.26. The molecule has 11 heteroatoms. The van der Waals surface area contributed by atoms with Crippen LogP contribution in [0.4, 0.5) is 20.7 Å². The molecule has 162 valence electrons. The van der Waals surface area contributed by atoms with E-state index in [4.69, 9.17) is 4.74 Å². The van der Waals surface area contributed by atoms with E-state index in [1.165, 1.54) is 22.7 Å². The van der Waals surface area contributed by atoms with E-state index in [9.17, 15) is 14.4 Å². The normalized spacial score (nSPS) is 10.4. The maximum atomic E-state index is 12.2. The smallest absolute Gasteiger partial charge is 0.325 e.